The Bertz CT molecular complexity index is 754. The second-order valence-electron chi connectivity index (χ2n) is 5.64. The fourth-order valence-electron chi connectivity index (χ4n) is 3.02. The maximum absolute atomic E-state index is 12.8. The molecule has 0 amide bonds. The third kappa shape index (κ3) is 2.64. The van der Waals surface area contributed by atoms with Crippen LogP contribution in [0.4, 0.5) is 0 Å². The highest BCUT2D eigenvalue weighted by Gasteiger charge is 2.28. The van der Waals surface area contributed by atoms with Gasteiger partial charge in [0.15, 0.2) is 11.6 Å². The van der Waals surface area contributed by atoms with E-state index in [1.165, 1.54) is 0 Å². The van der Waals surface area contributed by atoms with E-state index in [2.05, 4.69) is 0 Å². The van der Waals surface area contributed by atoms with E-state index in [0.29, 0.717) is 17.6 Å². The van der Waals surface area contributed by atoms with E-state index in [-0.39, 0.29) is 11.6 Å². The van der Waals surface area contributed by atoms with Crippen molar-refractivity contribution in [1.82, 2.24) is 0 Å². The summed E-state index contributed by atoms with van der Waals surface area (Å²) in [6, 6.07) is 17.0. The molecule has 0 unspecified atom stereocenters. The fourth-order valence-corrected chi connectivity index (χ4v) is 3.02. The van der Waals surface area contributed by atoms with Crippen LogP contribution in [0.2, 0.25) is 0 Å². The Labute approximate surface area is 130 Å². The van der Waals surface area contributed by atoms with Crippen molar-refractivity contribution in [3.8, 4) is 0 Å². The summed E-state index contributed by atoms with van der Waals surface area (Å²) < 4.78 is 0. The number of hydrogen-bond acceptors (Lipinski definition) is 2. The summed E-state index contributed by atoms with van der Waals surface area (Å²) in [6.45, 7) is 2.02. The molecule has 2 aromatic rings. The number of allylic oxidation sites excluding steroid dienone is 2. The van der Waals surface area contributed by atoms with E-state index < -0.39 is 0 Å². The topological polar surface area (TPSA) is 34.1 Å². The van der Waals surface area contributed by atoms with Crippen molar-refractivity contribution in [3.63, 3.8) is 0 Å². The Morgan fingerprint density at radius 2 is 1.59 bits per heavy atom. The van der Waals surface area contributed by atoms with Crippen molar-refractivity contribution in [2.45, 2.75) is 26.2 Å². The molecule has 0 N–H and O–H groups in total. The quantitative estimate of drug-likeness (QED) is 0.621. The standard InChI is InChI=1S/C20H18O2/c1-14-8-5-6-11-16(14)17-12-7-13-18(21)19(17)20(22)15-9-3-2-4-10-15/h2-6,8-11H,7,12-13H2,1H3. The number of Topliss-reactive ketones (excluding diaryl/α,β-unsaturated/α-hetero) is 2. The van der Waals surface area contributed by atoms with Crippen LogP contribution in [0.5, 0.6) is 0 Å². The number of hydrogen-bond donors (Lipinski definition) is 0. The first-order chi connectivity index (χ1) is 10.7. The number of aryl methyl sites for hydroxylation is 1. The zero-order valence-corrected chi connectivity index (χ0v) is 12.6. The summed E-state index contributed by atoms with van der Waals surface area (Å²) in [6.07, 6.45) is 2.06. The molecule has 0 aliphatic heterocycles. The van der Waals surface area contributed by atoms with Gasteiger partial charge in [0.1, 0.15) is 0 Å². The van der Waals surface area contributed by atoms with Crippen LogP contribution in [-0.4, -0.2) is 11.6 Å². The molecule has 22 heavy (non-hydrogen) atoms. The van der Waals surface area contributed by atoms with E-state index in [4.69, 9.17) is 0 Å². The van der Waals surface area contributed by atoms with Crippen molar-refractivity contribution in [2.24, 2.45) is 0 Å². The van der Waals surface area contributed by atoms with Crippen molar-refractivity contribution < 1.29 is 9.59 Å². The molecular weight excluding hydrogens is 272 g/mol. The number of ketones is 2. The molecule has 110 valence electrons. The molecule has 1 aliphatic carbocycles. The third-order valence-corrected chi connectivity index (χ3v) is 4.14. The molecular formula is C20H18O2. The molecule has 2 aromatic carbocycles. The average Bonchev–Trinajstić information content (AvgIpc) is 2.55. The Kier molecular flexibility index (Phi) is 4.01. The van der Waals surface area contributed by atoms with Crippen LogP contribution in [0, 0.1) is 6.92 Å². The van der Waals surface area contributed by atoms with Crippen LogP contribution >= 0.6 is 0 Å². The van der Waals surface area contributed by atoms with Gasteiger partial charge >= 0.3 is 0 Å². The van der Waals surface area contributed by atoms with Gasteiger partial charge in [-0.05, 0) is 36.5 Å². The summed E-state index contributed by atoms with van der Waals surface area (Å²) >= 11 is 0. The lowest BCUT2D eigenvalue weighted by Crippen LogP contribution is -2.19. The Hall–Kier alpha value is -2.48. The molecule has 0 radical (unpaired) electrons. The zero-order chi connectivity index (χ0) is 15.5. The minimum absolute atomic E-state index is 0.0293. The maximum atomic E-state index is 12.8. The highest BCUT2D eigenvalue weighted by atomic mass is 16.1. The smallest absolute Gasteiger partial charge is 0.196 e. The van der Waals surface area contributed by atoms with E-state index >= 15 is 0 Å². The summed E-state index contributed by atoms with van der Waals surface area (Å²) in [7, 11) is 0. The van der Waals surface area contributed by atoms with E-state index in [1.54, 1.807) is 12.1 Å². The molecule has 0 spiro atoms. The number of carbonyl (C=O) groups is 2. The van der Waals surface area contributed by atoms with Gasteiger partial charge in [0.2, 0.25) is 0 Å². The van der Waals surface area contributed by atoms with Gasteiger partial charge in [0.05, 0.1) is 5.57 Å². The zero-order valence-electron chi connectivity index (χ0n) is 12.6. The predicted octanol–water partition coefficient (Wildman–Crippen LogP) is 4.38. The van der Waals surface area contributed by atoms with Gasteiger partial charge < -0.3 is 0 Å². The van der Waals surface area contributed by atoms with Gasteiger partial charge in [-0.3, -0.25) is 9.59 Å². The van der Waals surface area contributed by atoms with Gasteiger partial charge in [-0.15, -0.1) is 0 Å². The lowest BCUT2D eigenvalue weighted by atomic mass is 9.82. The van der Waals surface area contributed by atoms with Gasteiger partial charge in [0.25, 0.3) is 0 Å². The molecule has 0 bridgehead atoms. The van der Waals surface area contributed by atoms with Crippen LogP contribution in [0.3, 0.4) is 0 Å². The summed E-state index contributed by atoms with van der Waals surface area (Å²) in [5.41, 5.74) is 3.99. The minimum Gasteiger partial charge on any atom is -0.294 e. The fraction of sp³-hybridized carbons (Fsp3) is 0.200. The van der Waals surface area contributed by atoms with Crippen molar-refractivity contribution in [3.05, 3.63) is 76.9 Å². The second kappa shape index (κ2) is 6.10. The SMILES string of the molecule is Cc1ccccc1C1=C(C(=O)c2ccccc2)C(=O)CCC1. The minimum atomic E-state index is -0.149. The van der Waals surface area contributed by atoms with Gasteiger partial charge in [-0.25, -0.2) is 0 Å². The normalized spacial score (nSPS) is 15.0. The van der Waals surface area contributed by atoms with Crippen molar-refractivity contribution in [1.29, 1.82) is 0 Å². The number of benzene rings is 2. The van der Waals surface area contributed by atoms with Crippen LogP contribution in [0.25, 0.3) is 5.57 Å². The number of rotatable bonds is 3. The lowest BCUT2D eigenvalue weighted by molar-refractivity contribution is -0.115. The van der Waals surface area contributed by atoms with Crippen LogP contribution in [-0.2, 0) is 4.79 Å². The molecule has 0 saturated carbocycles. The summed E-state index contributed by atoms with van der Waals surface area (Å²) in [5, 5.41) is 0. The summed E-state index contributed by atoms with van der Waals surface area (Å²) in [5.74, 6) is -0.179. The largest absolute Gasteiger partial charge is 0.294 e. The third-order valence-electron chi connectivity index (χ3n) is 4.14. The first kappa shape index (κ1) is 14.5. The molecule has 0 heterocycles. The first-order valence-corrected chi connectivity index (χ1v) is 7.60. The molecule has 0 atom stereocenters. The van der Waals surface area contributed by atoms with Gasteiger partial charge in [0, 0.05) is 12.0 Å². The van der Waals surface area contributed by atoms with E-state index in [1.807, 2.05) is 49.4 Å². The van der Waals surface area contributed by atoms with Gasteiger partial charge in [-0.2, -0.15) is 0 Å². The molecule has 1 aliphatic rings. The maximum Gasteiger partial charge on any atom is 0.196 e. The Morgan fingerprint density at radius 1 is 0.909 bits per heavy atom. The Balaban J connectivity index is 2.16. The van der Waals surface area contributed by atoms with E-state index in [9.17, 15) is 9.59 Å². The van der Waals surface area contributed by atoms with Crippen LogP contribution in [0.15, 0.2) is 60.2 Å². The highest BCUT2D eigenvalue weighted by Crippen LogP contribution is 2.33. The number of carbonyl (C=O) groups excluding carboxylic acids is 2. The van der Waals surface area contributed by atoms with Crippen LogP contribution < -0.4 is 0 Å². The molecule has 0 saturated heterocycles. The highest BCUT2D eigenvalue weighted by molar-refractivity contribution is 6.31. The van der Waals surface area contributed by atoms with Crippen molar-refractivity contribution in [2.75, 3.05) is 0 Å². The second-order valence-corrected chi connectivity index (χ2v) is 5.64. The van der Waals surface area contributed by atoms with Crippen LogP contribution in [0.1, 0.15) is 40.7 Å². The van der Waals surface area contributed by atoms with Gasteiger partial charge in [-0.1, -0.05) is 54.6 Å². The molecule has 0 aromatic heterocycles. The molecule has 3 rings (SSSR count). The predicted molar refractivity (Wildman–Crippen MR) is 87.7 cm³/mol. The summed E-state index contributed by atoms with van der Waals surface area (Å²) in [4.78, 5) is 25.3. The molecule has 0 fully saturated rings. The first-order valence-electron chi connectivity index (χ1n) is 7.60. The molecule has 2 nitrogen and oxygen atoms in total. The van der Waals surface area contributed by atoms with E-state index in [0.717, 1.165) is 29.5 Å². The Morgan fingerprint density at radius 3 is 2.32 bits per heavy atom. The molecule has 2 heteroatoms. The lowest BCUT2D eigenvalue weighted by Gasteiger charge is -2.20. The monoisotopic (exact) mass is 290 g/mol. The van der Waals surface area contributed by atoms with Crippen molar-refractivity contribution >= 4 is 17.1 Å². The average molecular weight is 290 g/mol.